The van der Waals surface area contributed by atoms with Gasteiger partial charge in [0.2, 0.25) is 5.91 Å². The van der Waals surface area contributed by atoms with Crippen LogP contribution in [0.1, 0.15) is 13.3 Å². The van der Waals surface area contributed by atoms with E-state index in [9.17, 15) is 4.79 Å². The van der Waals surface area contributed by atoms with Crippen molar-refractivity contribution in [3.63, 3.8) is 0 Å². The Morgan fingerprint density at radius 3 is 2.73 bits per heavy atom. The molecule has 7 nitrogen and oxygen atoms in total. The normalized spacial score (nSPS) is 10.7. The number of nitrogens with zero attached hydrogens (tertiary/aromatic N) is 5. The predicted octanol–water partition coefficient (Wildman–Crippen LogP) is 1.86. The number of thioether (sulfide) groups is 1. The Balaban J connectivity index is 2.04. The van der Waals surface area contributed by atoms with Crippen LogP contribution in [0.5, 0.6) is 0 Å². The van der Waals surface area contributed by atoms with Crippen molar-refractivity contribution in [3.05, 3.63) is 24.5 Å². The summed E-state index contributed by atoms with van der Waals surface area (Å²) in [6.45, 7) is 2.81. The Bertz CT molecular complexity index is 617. The van der Waals surface area contributed by atoms with Crippen LogP contribution in [-0.2, 0) is 16.2 Å². The molecule has 0 saturated heterocycles. The van der Waals surface area contributed by atoms with E-state index in [1.165, 1.54) is 23.9 Å². The topological polar surface area (TPSA) is 73.1 Å². The quantitative estimate of drug-likeness (QED) is 0.572. The van der Waals surface area contributed by atoms with Gasteiger partial charge >= 0.3 is 0 Å². The van der Waals surface area contributed by atoms with Crippen molar-refractivity contribution in [2.24, 2.45) is 0 Å². The molecule has 118 valence electrons. The number of hydrogen-bond acceptors (Lipinski definition) is 6. The number of carbonyl (C=O) groups excluding carboxylic acids is 1. The van der Waals surface area contributed by atoms with Gasteiger partial charge in [-0.3, -0.25) is 14.6 Å². The summed E-state index contributed by atoms with van der Waals surface area (Å²) in [6.07, 6.45) is 3.85. The van der Waals surface area contributed by atoms with Gasteiger partial charge in [-0.2, -0.15) is 0 Å². The van der Waals surface area contributed by atoms with E-state index in [4.69, 9.17) is 4.84 Å². The van der Waals surface area contributed by atoms with E-state index in [0.717, 1.165) is 23.1 Å². The highest BCUT2D eigenvalue weighted by molar-refractivity contribution is 7.99. The van der Waals surface area contributed by atoms with Crippen LogP contribution < -0.4 is 0 Å². The second-order valence-electron chi connectivity index (χ2n) is 4.46. The molecule has 0 aliphatic rings. The third-order valence-corrected chi connectivity index (χ3v) is 4.11. The molecular formula is C14H19N5O2S. The lowest BCUT2D eigenvalue weighted by molar-refractivity contribution is -0.168. The van der Waals surface area contributed by atoms with E-state index in [1.54, 1.807) is 19.4 Å². The van der Waals surface area contributed by atoms with E-state index in [-0.39, 0.29) is 5.91 Å². The highest BCUT2D eigenvalue weighted by Crippen LogP contribution is 2.23. The summed E-state index contributed by atoms with van der Waals surface area (Å²) in [5.41, 5.74) is 0.978. The first-order chi connectivity index (χ1) is 10.7. The Labute approximate surface area is 133 Å². The minimum atomic E-state index is -0.0630. The fourth-order valence-electron chi connectivity index (χ4n) is 1.88. The van der Waals surface area contributed by atoms with Gasteiger partial charge < -0.3 is 4.57 Å². The Morgan fingerprint density at radius 2 is 2.09 bits per heavy atom. The van der Waals surface area contributed by atoms with Crippen molar-refractivity contribution in [2.75, 3.05) is 19.9 Å². The highest BCUT2D eigenvalue weighted by Gasteiger charge is 2.14. The molecule has 0 aliphatic heterocycles. The minimum Gasteiger partial charge on any atom is -0.302 e. The van der Waals surface area contributed by atoms with Gasteiger partial charge in [0.1, 0.15) is 0 Å². The van der Waals surface area contributed by atoms with Crippen molar-refractivity contribution in [2.45, 2.75) is 25.0 Å². The molecule has 22 heavy (non-hydrogen) atoms. The second-order valence-corrected chi connectivity index (χ2v) is 5.52. The molecule has 0 N–H and O–H groups in total. The van der Waals surface area contributed by atoms with Gasteiger partial charge in [0.05, 0.1) is 7.11 Å². The molecule has 2 heterocycles. The Kier molecular flexibility index (Phi) is 5.91. The lowest BCUT2D eigenvalue weighted by atomic mass is 10.2. The number of hydrogen-bond donors (Lipinski definition) is 0. The summed E-state index contributed by atoms with van der Waals surface area (Å²) in [4.78, 5) is 20.6. The zero-order valence-electron chi connectivity index (χ0n) is 12.9. The molecule has 0 spiro atoms. The first-order valence-corrected chi connectivity index (χ1v) is 7.93. The van der Waals surface area contributed by atoms with E-state index in [1.807, 2.05) is 23.6 Å². The Morgan fingerprint density at radius 1 is 1.36 bits per heavy atom. The average Bonchev–Trinajstić information content (AvgIpc) is 2.97. The first-order valence-electron chi connectivity index (χ1n) is 6.94. The maximum atomic E-state index is 11.7. The van der Waals surface area contributed by atoms with Crippen molar-refractivity contribution in [3.8, 4) is 11.4 Å². The summed E-state index contributed by atoms with van der Waals surface area (Å²) >= 11 is 1.51. The van der Waals surface area contributed by atoms with Gasteiger partial charge in [0, 0.05) is 43.7 Å². The molecule has 0 aliphatic carbocycles. The number of aromatic nitrogens is 4. The van der Waals surface area contributed by atoms with Gasteiger partial charge in [0.15, 0.2) is 11.0 Å². The summed E-state index contributed by atoms with van der Waals surface area (Å²) in [6, 6.07) is 3.81. The molecular weight excluding hydrogens is 302 g/mol. The third-order valence-electron chi connectivity index (χ3n) is 3.14. The van der Waals surface area contributed by atoms with Gasteiger partial charge in [-0.25, -0.2) is 5.06 Å². The number of carbonyl (C=O) groups is 1. The standard InChI is InChI=1S/C14H19N5O2S/c1-4-19-13(11-5-8-15-9-6-11)16-17-14(19)22-10-7-12(20)18(2)21-3/h5-6,8-9H,4,7,10H2,1-3H3. The SMILES string of the molecule is CCn1c(SCCC(=O)N(C)OC)nnc1-c1ccncc1. The molecule has 0 saturated carbocycles. The van der Waals surface area contributed by atoms with E-state index >= 15 is 0 Å². The molecule has 0 unspecified atom stereocenters. The number of amides is 1. The van der Waals surface area contributed by atoms with Gasteiger partial charge in [-0.15, -0.1) is 10.2 Å². The largest absolute Gasteiger partial charge is 0.302 e. The van der Waals surface area contributed by atoms with Crippen LogP contribution >= 0.6 is 11.8 Å². The van der Waals surface area contributed by atoms with Crippen molar-refractivity contribution in [1.82, 2.24) is 24.8 Å². The molecule has 2 rings (SSSR count). The molecule has 2 aromatic heterocycles. The van der Waals surface area contributed by atoms with E-state index in [0.29, 0.717) is 12.2 Å². The smallest absolute Gasteiger partial charge is 0.246 e. The average molecular weight is 321 g/mol. The number of hydroxylamine groups is 2. The molecule has 0 fully saturated rings. The molecule has 0 atom stereocenters. The summed E-state index contributed by atoms with van der Waals surface area (Å²) in [7, 11) is 3.07. The van der Waals surface area contributed by atoms with Gasteiger partial charge in [-0.05, 0) is 19.1 Å². The summed E-state index contributed by atoms with van der Waals surface area (Å²) in [5.74, 6) is 1.38. The van der Waals surface area contributed by atoms with E-state index in [2.05, 4.69) is 15.2 Å². The minimum absolute atomic E-state index is 0.0630. The molecule has 1 amide bonds. The van der Waals surface area contributed by atoms with E-state index < -0.39 is 0 Å². The van der Waals surface area contributed by atoms with Crippen LogP contribution in [0.25, 0.3) is 11.4 Å². The lowest BCUT2D eigenvalue weighted by Crippen LogP contribution is -2.25. The molecule has 2 aromatic rings. The molecule has 8 heteroatoms. The van der Waals surface area contributed by atoms with Crippen molar-refractivity contribution in [1.29, 1.82) is 0 Å². The molecule has 0 radical (unpaired) electrons. The highest BCUT2D eigenvalue weighted by atomic mass is 32.2. The summed E-state index contributed by atoms with van der Waals surface area (Å²) in [5, 5.41) is 10.5. The Hall–Kier alpha value is -1.93. The van der Waals surface area contributed by atoms with Crippen LogP contribution in [0.15, 0.2) is 29.7 Å². The summed E-state index contributed by atoms with van der Waals surface area (Å²) < 4.78 is 2.03. The van der Waals surface area contributed by atoms with Crippen LogP contribution in [0.4, 0.5) is 0 Å². The van der Waals surface area contributed by atoms with Gasteiger partial charge in [0.25, 0.3) is 0 Å². The predicted molar refractivity (Wildman–Crippen MR) is 84.0 cm³/mol. The monoisotopic (exact) mass is 321 g/mol. The molecule has 0 aromatic carbocycles. The van der Waals surface area contributed by atoms with Crippen LogP contribution in [0.3, 0.4) is 0 Å². The third kappa shape index (κ3) is 3.83. The van der Waals surface area contributed by atoms with Crippen molar-refractivity contribution < 1.29 is 9.63 Å². The lowest BCUT2D eigenvalue weighted by Gasteiger charge is -2.13. The van der Waals surface area contributed by atoms with Crippen LogP contribution in [0.2, 0.25) is 0 Å². The maximum Gasteiger partial charge on any atom is 0.246 e. The van der Waals surface area contributed by atoms with Crippen LogP contribution in [-0.4, -0.2) is 50.6 Å². The zero-order chi connectivity index (χ0) is 15.9. The van der Waals surface area contributed by atoms with Crippen molar-refractivity contribution >= 4 is 17.7 Å². The number of rotatable bonds is 7. The van der Waals surface area contributed by atoms with Crippen LogP contribution in [0, 0.1) is 0 Å². The fourth-order valence-corrected chi connectivity index (χ4v) is 2.81. The fraction of sp³-hybridized carbons (Fsp3) is 0.429. The molecule has 0 bridgehead atoms. The zero-order valence-corrected chi connectivity index (χ0v) is 13.7. The second kappa shape index (κ2) is 7.90. The first kappa shape index (κ1) is 16.4. The number of pyridine rings is 1. The maximum absolute atomic E-state index is 11.7. The van der Waals surface area contributed by atoms with Gasteiger partial charge in [-0.1, -0.05) is 11.8 Å².